The van der Waals surface area contributed by atoms with Crippen LogP contribution in [0.5, 0.6) is 0 Å². The fourth-order valence-corrected chi connectivity index (χ4v) is 4.24. The first-order chi connectivity index (χ1) is 17.1. The lowest BCUT2D eigenvalue weighted by atomic mass is 10.1. The number of amides is 1. The third-order valence-corrected chi connectivity index (χ3v) is 6.02. The maximum Gasteiger partial charge on any atom is 0.238 e. The van der Waals surface area contributed by atoms with Crippen molar-refractivity contribution in [3.8, 4) is 0 Å². The van der Waals surface area contributed by atoms with E-state index in [9.17, 15) is 13.6 Å². The first kappa shape index (κ1) is 22.7. The van der Waals surface area contributed by atoms with Crippen molar-refractivity contribution in [2.24, 2.45) is 0 Å². The number of anilines is 2. The number of hydrogen-bond donors (Lipinski definition) is 2. The highest BCUT2D eigenvalue weighted by atomic mass is 19.2. The summed E-state index contributed by atoms with van der Waals surface area (Å²) in [6.07, 6.45) is 7.70. The molecular formula is C25H25F2N7O. The highest BCUT2D eigenvalue weighted by Crippen LogP contribution is 2.27. The largest absolute Gasteiger partial charge is 0.352 e. The molecule has 2 N–H and O–H groups in total. The topological polar surface area (TPSA) is 76.6 Å². The average molecular weight is 478 g/mol. The molecule has 0 saturated carbocycles. The van der Waals surface area contributed by atoms with E-state index >= 15 is 0 Å². The predicted molar refractivity (Wildman–Crippen MR) is 130 cm³/mol. The summed E-state index contributed by atoms with van der Waals surface area (Å²) >= 11 is 0. The Hall–Kier alpha value is -4.05. The Balaban J connectivity index is 1.22. The Morgan fingerprint density at radius 3 is 2.51 bits per heavy atom. The van der Waals surface area contributed by atoms with Crippen molar-refractivity contribution < 1.29 is 13.6 Å². The number of carbonyl (C=O) groups is 1. The summed E-state index contributed by atoms with van der Waals surface area (Å²) in [5.74, 6) is -1.37. The SMILES string of the molecule is O=C(CN1CCN(c2nnc(CN3C=CC=CN3)c3ccccc23)CC1)Nc1ccc(F)c(F)c1. The summed E-state index contributed by atoms with van der Waals surface area (Å²) in [4.78, 5) is 16.6. The minimum absolute atomic E-state index is 0.170. The molecule has 0 spiro atoms. The third-order valence-electron chi connectivity index (χ3n) is 6.02. The first-order valence-corrected chi connectivity index (χ1v) is 11.4. The maximum absolute atomic E-state index is 13.4. The van der Waals surface area contributed by atoms with Gasteiger partial charge in [-0.1, -0.05) is 24.3 Å². The van der Waals surface area contributed by atoms with Gasteiger partial charge >= 0.3 is 0 Å². The molecule has 8 nitrogen and oxygen atoms in total. The smallest absolute Gasteiger partial charge is 0.238 e. The van der Waals surface area contributed by atoms with E-state index in [-0.39, 0.29) is 18.1 Å². The van der Waals surface area contributed by atoms with Crippen LogP contribution in [0, 0.1) is 11.6 Å². The van der Waals surface area contributed by atoms with Gasteiger partial charge < -0.3 is 15.6 Å². The Morgan fingerprint density at radius 1 is 0.971 bits per heavy atom. The van der Waals surface area contributed by atoms with Crippen LogP contribution in [0.4, 0.5) is 20.3 Å². The molecule has 2 aliphatic rings. The molecule has 0 atom stereocenters. The number of halogens is 2. The fourth-order valence-electron chi connectivity index (χ4n) is 4.24. The van der Waals surface area contributed by atoms with E-state index in [1.165, 1.54) is 6.07 Å². The van der Waals surface area contributed by atoms with Gasteiger partial charge in [-0.05, 0) is 24.3 Å². The zero-order valence-electron chi connectivity index (χ0n) is 19.0. The Bertz CT molecular complexity index is 1290. The normalized spacial score (nSPS) is 15.9. The van der Waals surface area contributed by atoms with Gasteiger partial charge in [-0.15, -0.1) is 5.10 Å². The van der Waals surface area contributed by atoms with Crippen LogP contribution < -0.4 is 15.6 Å². The van der Waals surface area contributed by atoms with Crippen LogP contribution in [0.25, 0.3) is 10.8 Å². The van der Waals surface area contributed by atoms with Crippen LogP contribution >= 0.6 is 0 Å². The number of allylic oxidation sites excluding steroid dienone is 2. The number of nitrogens with zero attached hydrogens (tertiary/aromatic N) is 5. The van der Waals surface area contributed by atoms with Crippen molar-refractivity contribution in [2.45, 2.75) is 6.54 Å². The van der Waals surface area contributed by atoms with E-state index in [2.05, 4.69) is 38.0 Å². The zero-order chi connectivity index (χ0) is 24.2. The summed E-state index contributed by atoms with van der Waals surface area (Å²) in [5, 5.41) is 15.8. The molecule has 10 heteroatoms. The van der Waals surface area contributed by atoms with Gasteiger partial charge in [0.2, 0.25) is 5.91 Å². The van der Waals surface area contributed by atoms with E-state index in [4.69, 9.17) is 0 Å². The Morgan fingerprint density at radius 2 is 1.77 bits per heavy atom. The van der Waals surface area contributed by atoms with Gasteiger partial charge in [0, 0.05) is 61.1 Å². The summed E-state index contributed by atoms with van der Waals surface area (Å²) in [6.45, 7) is 3.46. The van der Waals surface area contributed by atoms with Crippen LogP contribution in [0.3, 0.4) is 0 Å². The third kappa shape index (κ3) is 5.22. The van der Waals surface area contributed by atoms with Crippen LogP contribution in [0.1, 0.15) is 5.69 Å². The van der Waals surface area contributed by atoms with Crippen LogP contribution in [0.2, 0.25) is 0 Å². The van der Waals surface area contributed by atoms with Crippen LogP contribution in [-0.2, 0) is 11.3 Å². The van der Waals surface area contributed by atoms with Crippen molar-refractivity contribution >= 4 is 28.2 Å². The first-order valence-electron chi connectivity index (χ1n) is 11.4. The van der Waals surface area contributed by atoms with Crippen molar-refractivity contribution in [3.05, 3.63) is 84.3 Å². The molecule has 1 saturated heterocycles. The number of benzene rings is 2. The van der Waals surface area contributed by atoms with E-state index in [1.54, 1.807) is 0 Å². The quantitative estimate of drug-likeness (QED) is 0.565. The molecule has 2 aromatic carbocycles. The molecule has 0 bridgehead atoms. The van der Waals surface area contributed by atoms with Crippen molar-refractivity contribution in [2.75, 3.05) is 42.9 Å². The van der Waals surface area contributed by atoms with Crippen LogP contribution in [0.15, 0.2) is 67.0 Å². The number of rotatable bonds is 6. The highest BCUT2D eigenvalue weighted by molar-refractivity contribution is 5.94. The second kappa shape index (κ2) is 10.1. The molecule has 3 aromatic rings. The second-order valence-corrected chi connectivity index (χ2v) is 8.41. The molecular weight excluding hydrogens is 452 g/mol. The minimum atomic E-state index is -0.990. The molecule has 5 rings (SSSR count). The lowest BCUT2D eigenvalue weighted by molar-refractivity contribution is -0.117. The van der Waals surface area contributed by atoms with Gasteiger partial charge in [0.05, 0.1) is 18.8 Å². The van der Waals surface area contributed by atoms with Gasteiger partial charge in [0.15, 0.2) is 17.5 Å². The lowest BCUT2D eigenvalue weighted by Gasteiger charge is -2.35. The minimum Gasteiger partial charge on any atom is -0.352 e. The number of hydrogen-bond acceptors (Lipinski definition) is 7. The number of piperazine rings is 1. The average Bonchev–Trinajstić information content (AvgIpc) is 2.88. The molecule has 1 amide bonds. The second-order valence-electron chi connectivity index (χ2n) is 8.41. The number of nitrogens with one attached hydrogen (secondary N) is 2. The molecule has 1 fully saturated rings. The summed E-state index contributed by atoms with van der Waals surface area (Å²) in [5.41, 5.74) is 4.28. The Labute approximate surface area is 201 Å². The van der Waals surface area contributed by atoms with E-state index in [0.29, 0.717) is 32.7 Å². The van der Waals surface area contributed by atoms with Gasteiger partial charge in [0.25, 0.3) is 0 Å². The van der Waals surface area contributed by atoms with Gasteiger partial charge in [0.1, 0.15) is 0 Å². The molecule has 35 heavy (non-hydrogen) atoms. The van der Waals surface area contributed by atoms with Crippen molar-refractivity contribution in [3.63, 3.8) is 0 Å². The fraction of sp³-hybridized carbons (Fsp3) is 0.240. The van der Waals surface area contributed by atoms with Gasteiger partial charge in [-0.25, -0.2) is 8.78 Å². The molecule has 1 aromatic heterocycles. The van der Waals surface area contributed by atoms with Gasteiger partial charge in [-0.3, -0.25) is 14.7 Å². The summed E-state index contributed by atoms with van der Waals surface area (Å²) < 4.78 is 26.5. The molecule has 0 unspecified atom stereocenters. The maximum atomic E-state index is 13.4. The van der Waals surface area contributed by atoms with Crippen molar-refractivity contribution in [1.29, 1.82) is 0 Å². The highest BCUT2D eigenvalue weighted by Gasteiger charge is 2.23. The van der Waals surface area contributed by atoms with E-state index in [1.807, 2.05) is 46.6 Å². The zero-order valence-corrected chi connectivity index (χ0v) is 19.0. The summed E-state index contributed by atoms with van der Waals surface area (Å²) in [7, 11) is 0. The number of fused-ring (bicyclic) bond motifs is 1. The van der Waals surface area contributed by atoms with E-state index < -0.39 is 11.6 Å². The Kier molecular flexibility index (Phi) is 6.53. The van der Waals surface area contributed by atoms with Crippen LogP contribution in [-0.4, -0.2) is 58.7 Å². The lowest BCUT2D eigenvalue weighted by Crippen LogP contribution is -2.49. The molecule has 2 aliphatic heterocycles. The molecule has 0 radical (unpaired) electrons. The monoisotopic (exact) mass is 477 g/mol. The molecule has 3 heterocycles. The standard InChI is InChI=1S/C25H25F2N7O/c26-21-8-7-18(15-22(21)27)29-24(35)17-32-11-13-33(14-12-32)25-20-6-2-1-5-19(20)23(30-31-25)16-34-10-4-3-9-28-34/h1-10,15,28H,11-14,16-17H2,(H,29,35). The number of aromatic nitrogens is 2. The predicted octanol–water partition coefficient (Wildman–Crippen LogP) is 3.02. The van der Waals surface area contributed by atoms with Crippen molar-refractivity contribution in [1.82, 2.24) is 25.5 Å². The van der Waals surface area contributed by atoms with Gasteiger partial charge in [-0.2, -0.15) is 5.10 Å². The molecule has 0 aliphatic carbocycles. The molecule has 180 valence electrons. The van der Waals surface area contributed by atoms with E-state index in [0.717, 1.165) is 34.4 Å². The number of carbonyl (C=O) groups excluding carboxylic acids is 1. The number of hydrazine groups is 1. The summed E-state index contributed by atoms with van der Waals surface area (Å²) in [6, 6.07) is 11.4.